The normalized spacial score (nSPS) is 29.6. The molecule has 2 aliphatic rings. The molecule has 0 radical (unpaired) electrons. The lowest BCUT2D eigenvalue weighted by atomic mass is 9.79. The molecule has 2 fully saturated rings. The molecule has 0 aromatic heterocycles. The highest BCUT2D eigenvalue weighted by atomic mass is 16.6. The first-order chi connectivity index (χ1) is 10.6. The summed E-state index contributed by atoms with van der Waals surface area (Å²) in [5, 5.41) is 0. The van der Waals surface area contributed by atoms with E-state index in [4.69, 9.17) is 14.2 Å². The third-order valence-corrected chi connectivity index (χ3v) is 4.48. The summed E-state index contributed by atoms with van der Waals surface area (Å²) in [6.45, 7) is 0.0701. The summed E-state index contributed by atoms with van der Waals surface area (Å²) in [5.74, 6) is -2.15. The first-order valence-corrected chi connectivity index (χ1v) is 7.11. The van der Waals surface area contributed by atoms with Crippen molar-refractivity contribution in [2.45, 2.75) is 18.9 Å². The molecule has 1 aliphatic carbocycles. The standard InChI is InChI=1S/C16H16O6/c1-20-14(18)16-8-7-12(11(16)9-21-15(16)19)22-13(17)10-5-3-2-4-6-10/h2-6,11-12H,7-9H2,1H3/t11-,12-,16+/m1/s1. The second-order valence-electron chi connectivity index (χ2n) is 5.52. The molecule has 1 heterocycles. The molecular formula is C16H16O6. The van der Waals surface area contributed by atoms with Crippen LogP contribution in [0.4, 0.5) is 0 Å². The van der Waals surface area contributed by atoms with Gasteiger partial charge in [0.25, 0.3) is 0 Å². The molecule has 22 heavy (non-hydrogen) atoms. The Hall–Kier alpha value is -2.37. The summed E-state index contributed by atoms with van der Waals surface area (Å²) >= 11 is 0. The molecule has 1 saturated heterocycles. The quantitative estimate of drug-likeness (QED) is 0.476. The summed E-state index contributed by atoms with van der Waals surface area (Å²) < 4.78 is 15.3. The lowest BCUT2D eigenvalue weighted by Gasteiger charge is -2.23. The van der Waals surface area contributed by atoms with Gasteiger partial charge >= 0.3 is 17.9 Å². The van der Waals surface area contributed by atoms with Gasteiger partial charge in [-0.2, -0.15) is 0 Å². The van der Waals surface area contributed by atoms with Crippen LogP contribution in [-0.2, 0) is 23.8 Å². The Labute approximate surface area is 127 Å². The fraction of sp³-hybridized carbons (Fsp3) is 0.438. The Balaban J connectivity index is 1.79. The highest BCUT2D eigenvalue weighted by Crippen LogP contribution is 2.50. The van der Waals surface area contributed by atoms with Crippen LogP contribution in [0, 0.1) is 11.3 Å². The number of cyclic esters (lactones) is 1. The van der Waals surface area contributed by atoms with Crippen molar-refractivity contribution in [2.24, 2.45) is 11.3 Å². The minimum Gasteiger partial charge on any atom is -0.468 e. The van der Waals surface area contributed by atoms with Crippen molar-refractivity contribution in [3.05, 3.63) is 35.9 Å². The zero-order valence-electron chi connectivity index (χ0n) is 12.1. The maximum absolute atomic E-state index is 12.2. The Morgan fingerprint density at radius 1 is 1.27 bits per heavy atom. The fourth-order valence-corrected chi connectivity index (χ4v) is 3.31. The summed E-state index contributed by atoms with van der Waals surface area (Å²) in [7, 11) is 1.24. The van der Waals surface area contributed by atoms with Gasteiger partial charge in [-0.05, 0) is 25.0 Å². The highest BCUT2D eigenvalue weighted by Gasteiger charge is 2.66. The van der Waals surface area contributed by atoms with Crippen LogP contribution in [0.2, 0.25) is 0 Å². The van der Waals surface area contributed by atoms with Crippen LogP contribution >= 0.6 is 0 Å². The first kappa shape index (κ1) is 14.6. The molecule has 1 aliphatic heterocycles. The van der Waals surface area contributed by atoms with Crippen LogP contribution in [0.15, 0.2) is 30.3 Å². The molecule has 6 nitrogen and oxygen atoms in total. The molecule has 1 aromatic rings. The van der Waals surface area contributed by atoms with Crippen molar-refractivity contribution in [1.82, 2.24) is 0 Å². The number of fused-ring (bicyclic) bond motifs is 1. The Morgan fingerprint density at radius 3 is 2.68 bits per heavy atom. The summed E-state index contributed by atoms with van der Waals surface area (Å²) in [6, 6.07) is 8.60. The van der Waals surface area contributed by atoms with Crippen molar-refractivity contribution in [3.63, 3.8) is 0 Å². The van der Waals surface area contributed by atoms with Gasteiger partial charge in [0.1, 0.15) is 6.10 Å². The van der Waals surface area contributed by atoms with Gasteiger partial charge in [0.2, 0.25) is 0 Å². The molecule has 1 aromatic carbocycles. The summed E-state index contributed by atoms with van der Waals surface area (Å²) in [5.41, 5.74) is -0.889. The first-order valence-electron chi connectivity index (χ1n) is 7.11. The van der Waals surface area contributed by atoms with Gasteiger partial charge in [-0.15, -0.1) is 0 Å². The van der Waals surface area contributed by atoms with E-state index in [1.165, 1.54) is 7.11 Å². The number of benzene rings is 1. The van der Waals surface area contributed by atoms with E-state index in [9.17, 15) is 14.4 Å². The van der Waals surface area contributed by atoms with E-state index in [0.717, 1.165) is 0 Å². The molecule has 3 rings (SSSR count). The average molecular weight is 304 g/mol. The smallest absolute Gasteiger partial charge is 0.338 e. The maximum Gasteiger partial charge on any atom is 0.338 e. The zero-order chi connectivity index (χ0) is 15.7. The predicted molar refractivity (Wildman–Crippen MR) is 73.8 cm³/mol. The lowest BCUT2D eigenvalue weighted by Crippen LogP contribution is -2.41. The Morgan fingerprint density at radius 2 is 2.00 bits per heavy atom. The van der Waals surface area contributed by atoms with Crippen LogP contribution < -0.4 is 0 Å². The molecule has 6 heteroatoms. The number of esters is 3. The van der Waals surface area contributed by atoms with Gasteiger partial charge in [-0.25, -0.2) is 4.79 Å². The van der Waals surface area contributed by atoms with E-state index in [1.807, 2.05) is 0 Å². The molecule has 0 bridgehead atoms. The number of ether oxygens (including phenoxy) is 3. The van der Waals surface area contributed by atoms with Crippen LogP contribution in [0.25, 0.3) is 0 Å². The molecule has 0 unspecified atom stereocenters. The maximum atomic E-state index is 12.2. The minimum atomic E-state index is -1.32. The third-order valence-electron chi connectivity index (χ3n) is 4.48. The van der Waals surface area contributed by atoms with Gasteiger partial charge in [-0.1, -0.05) is 18.2 Å². The van der Waals surface area contributed by atoms with E-state index in [0.29, 0.717) is 12.0 Å². The molecule has 1 saturated carbocycles. The number of rotatable bonds is 3. The Bertz CT molecular complexity index is 610. The lowest BCUT2D eigenvalue weighted by molar-refractivity contribution is -0.164. The minimum absolute atomic E-state index is 0.0701. The van der Waals surface area contributed by atoms with E-state index in [1.54, 1.807) is 30.3 Å². The second kappa shape index (κ2) is 5.44. The molecular weight excluding hydrogens is 288 g/mol. The molecule has 3 atom stereocenters. The number of hydrogen-bond acceptors (Lipinski definition) is 6. The number of hydrogen-bond donors (Lipinski definition) is 0. The number of carbonyl (C=O) groups excluding carboxylic acids is 3. The topological polar surface area (TPSA) is 78.9 Å². The number of methoxy groups -OCH3 is 1. The number of carbonyl (C=O) groups is 3. The SMILES string of the molecule is COC(=O)[C@]12CC[C@@H](OC(=O)c3ccccc3)[C@H]1COC2=O. The van der Waals surface area contributed by atoms with E-state index < -0.39 is 35.3 Å². The van der Waals surface area contributed by atoms with E-state index in [-0.39, 0.29) is 13.0 Å². The van der Waals surface area contributed by atoms with Crippen molar-refractivity contribution < 1.29 is 28.6 Å². The van der Waals surface area contributed by atoms with Crippen LogP contribution in [0.3, 0.4) is 0 Å². The molecule has 116 valence electrons. The predicted octanol–water partition coefficient (Wildman–Crippen LogP) is 1.34. The molecule has 0 N–H and O–H groups in total. The van der Waals surface area contributed by atoms with Crippen molar-refractivity contribution in [3.8, 4) is 0 Å². The highest BCUT2D eigenvalue weighted by molar-refractivity contribution is 6.02. The van der Waals surface area contributed by atoms with Gasteiger partial charge in [0.05, 0.1) is 25.2 Å². The van der Waals surface area contributed by atoms with Crippen LogP contribution in [-0.4, -0.2) is 37.7 Å². The Kier molecular flexibility index (Phi) is 3.60. The fourth-order valence-electron chi connectivity index (χ4n) is 3.31. The van der Waals surface area contributed by atoms with Crippen molar-refractivity contribution >= 4 is 17.9 Å². The van der Waals surface area contributed by atoms with Gasteiger partial charge < -0.3 is 14.2 Å². The van der Waals surface area contributed by atoms with Crippen molar-refractivity contribution in [1.29, 1.82) is 0 Å². The summed E-state index contributed by atoms with van der Waals surface area (Å²) in [6.07, 6.45) is 0.182. The molecule has 0 amide bonds. The average Bonchev–Trinajstić information content (AvgIpc) is 3.07. The van der Waals surface area contributed by atoms with Gasteiger partial charge in [0, 0.05) is 0 Å². The van der Waals surface area contributed by atoms with E-state index >= 15 is 0 Å². The third kappa shape index (κ3) is 2.06. The van der Waals surface area contributed by atoms with Crippen molar-refractivity contribution in [2.75, 3.05) is 13.7 Å². The summed E-state index contributed by atoms with van der Waals surface area (Å²) in [4.78, 5) is 36.2. The van der Waals surface area contributed by atoms with Crippen LogP contribution in [0.5, 0.6) is 0 Å². The largest absolute Gasteiger partial charge is 0.468 e. The second-order valence-corrected chi connectivity index (χ2v) is 5.52. The van der Waals surface area contributed by atoms with E-state index in [2.05, 4.69) is 0 Å². The van der Waals surface area contributed by atoms with Crippen LogP contribution in [0.1, 0.15) is 23.2 Å². The van der Waals surface area contributed by atoms with Gasteiger partial charge in [0.15, 0.2) is 5.41 Å². The zero-order valence-corrected chi connectivity index (χ0v) is 12.1. The monoisotopic (exact) mass is 304 g/mol. The van der Waals surface area contributed by atoms with Gasteiger partial charge in [-0.3, -0.25) is 9.59 Å². The molecule has 0 spiro atoms.